The monoisotopic (exact) mass is 154 g/mol. The lowest BCUT2D eigenvalue weighted by Gasteiger charge is -2.32. The van der Waals surface area contributed by atoms with E-state index in [0.717, 1.165) is 6.54 Å². The number of rotatable bonds is 1. The zero-order chi connectivity index (χ0) is 8.43. The molecule has 0 bridgehead atoms. The Bertz CT molecular complexity index is 189. The van der Waals surface area contributed by atoms with Gasteiger partial charge in [0.2, 0.25) is 0 Å². The first-order chi connectivity index (χ1) is 5.11. The van der Waals surface area contributed by atoms with Crippen LogP contribution in [0.2, 0.25) is 0 Å². The molecule has 62 valence electrons. The van der Waals surface area contributed by atoms with E-state index in [1.54, 1.807) is 6.92 Å². The summed E-state index contributed by atoms with van der Waals surface area (Å²) in [5.41, 5.74) is 0. The second-order valence-corrected chi connectivity index (χ2v) is 3.03. The third kappa shape index (κ3) is 1.73. The van der Waals surface area contributed by atoms with Crippen LogP contribution in [0.15, 0.2) is 12.4 Å². The Hall–Kier alpha value is -0.990. The van der Waals surface area contributed by atoms with Crippen molar-refractivity contribution in [2.75, 3.05) is 20.6 Å². The van der Waals surface area contributed by atoms with Crippen molar-refractivity contribution in [2.45, 2.75) is 13.0 Å². The van der Waals surface area contributed by atoms with Crippen molar-refractivity contribution < 1.29 is 4.79 Å². The number of carbonyl (C=O) groups excluding carboxylic acids is 1. The van der Waals surface area contributed by atoms with Gasteiger partial charge in [-0.25, -0.2) is 0 Å². The number of hydrogen-bond acceptors (Lipinski definition) is 3. The molecule has 3 nitrogen and oxygen atoms in total. The molecule has 0 saturated carbocycles. The summed E-state index contributed by atoms with van der Waals surface area (Å²) in [7, 11) is 3.90. The van der Waals surface area contributed by atoms with Crippen LogP contribution in [0.1, 0.15) is 6.92 Å². The lowest BCUT2D eigenvalue weighted by atomic mass is 10.1. The molecule has 0 N–H and O–H groups in total. The molecule has 1 atom stereocenters. The topological polar surface area (TPSA) is 23.6 Å². The summed E-state index contributed by atoms with van der Waals surface area (Å²) in [6.45, 7) is 2.43. The molecule has 11 heavy (non-hydrogen) atoms. The van der Waals surface area contributed by atoms with Crippen LogP contribution < -0.4 is 0 Å². The average Bonchev–Trinajstić information content (AvgIpc) is 1.94. The molecule has 1 heterocycles. The van der Waals surface area contributed by atoms with E-state index in [2.05, 4.69) is 0 Å². The first-order valence-electron chi connectivity index (χ1n) is 3.72. The van der Waals surface area contributed by atoms with E-state index in [-0.39, 0.29) is 11.8 Å². The summed E-state index contributed by atoms with van der Waals surface area (Å²) in [6.07, 6.45) is 3.90. The van der Waals surface area contributed by atoms with E-state index < -0.39 is 0 Å². The number of Topliss-reactive ketones (excluding diaryl/α,β-unsaturated/α-hetero) is 1. The van der Waals surface area contributed by atoms with E-state index in [9.17, 15) is 4.79 Å². The minimum Gasteiger partial charge on any atom is -0.377 e. The Morgan fingerprint density at radius 1 is 1.45 bits per heavy atom. The van der Waals surface area contributed by atoms with Gasteiger partial charge in [0.1, 0.15) is 6.04 Å². The van der Waals surface area contributed by atoms with Gasteiger partial charge in [-0.05, 0) is 6.92 Å². The molecule has 0 aromatic carbocycles. The van der Waals surface area contributed by atoms with Crippen molar-refractivity contribution in [3.63, 3.8) is 0 Å². The van der Waals surface area contributed by atoms with E-state index in [1.807, 2.05) is 36.3 Å². The van der Waals surface area contributed by atoms with Crippen LogP contribution in [0.4, 0.5) is 0 Å². The zero-order valence-corrected chi connectivity index (χ0v) is 7.24. The van der Waals surface area contributed by atoms with Crippen LogP contribution in [0.5, 0.6) is 0 Å². The Morgan fingerprint density at radius 2 is 2.09 bits per heavy atom. The van der Waals surface area contributed by atoms with Crippen LogP contribution in [0, 0.1) is 0 Å². The Morgan fingerprint density at radius 3 is 2.55 bits per heavy atom. The molecule has 1 rings (SSSR count). The van der Waals surface area contributed by atoms with Gasteiger partial charge in [-0.3, -0.25) is 4.79 Å². The van der Waals surface area contributed by atoms with E-state index in [1.165, 1.54) is 0 Å². The molecular weight excluding hydrogens is 140 g/mol. The molecule has 0 fully saturated rings. The molecule has 0 aromatic rings. The number of nitrogens with zero attached hydrogens (tertiary/aromatic N) is 2. The van der Waals surface area contributed by atoms with Gasteiger partial charge >= 0.3 is 0 Å². The van der Waals surface area contributed by atoms with Gasteiger partial charge in [-0.15, -0.1) is 0 Å². The van der Waals surface area contributed by atoms with Gasteiger partial charge < -0.3 is 9.80 Å². The minimum atomic E-state index is 0.0324. The fourth-order valence-corrected chi connectivity index (χ4v) is 1.20. The largest absolute Gasteiger partial charge is 0.377 e. The molecule has 0 amide bonds. The van der Waals surface area contributed by atoms with Crippen LogP contribution in [-0.2, 0) is 4.79 Å². The van der Waals surface area contributed by atoms with Gasteiger partial charge in [0.15, 0.2) is 5.78 Å². The zero-order valence-electron chi connectivity index (χ0n) is 7.24. The number of carbonyl (C=O) groups is 1. The summed E-state index contributed by atoms with van der Waals surface area (Å²) in [4.78, 5) is 15.0. The molecule has 1 aliphatic rings. The third-order valence-corrected chi connectivity index (χ3v) is 1.98. The van der Waals surface area contributed by atoms with Crippen molar-refractivity contribution in [1.82, 2.24) is 9.80 Å². The second kappa shape index (κ2) is 2.95. The standard InChI is InChI=1S/C8H14N2O/c1-7(11)8-6-9(2)4-5-10(8)3/h4-5,8H,6H2,1-3H3. The lowest BCUT2D eigenvalue weighted by Crippen LogP contribution is -2.44. The normalized spacial score (nSPS) is 24.1. The summed E-state index contributed by atoms with van der Waals surface area (Å²) in [6, 6.07) is 0.0324. The first-order valence-corrected chi connectivity index (χ1v) is 3.72. The summed E-state index contributed by atoms with van der Waals surface area (Å²) in [5.74, 6) is 0.226. The Labute approximate surface area is 67.3 Å². The SMILES string of the molecule is CC(=O)C1CN(C)C=CN1C. The Balaban J connectivity index is 2.68. The third-order valence-electron chi connectivity index (χ3n) is 1.98. The summed E-state index contributed by atoms with van der Waals surface area (Å²) in [5, 5.41) is 0. The van der Waals surface area contributed by atoms with Crippen molar-refractivity contribution >= 4 is 5.78 Å². The predicted molar refractivity (Wildman–Crippen MR) is 44.0 cm³/mol. The van der Waals surface area contributed by atoms with Crippen molar-refractivity contribution in [1.29, 1.82) is 0 Å². The lowest BCUT2D eigenvalue weighted by molar-refractivity contribution is -0.121. The number of ketones is 1. The van der Waals surface area contributed by atoms with E-state index in [0.29, 0.717) is 0 Å². The molecule has 0 aromatic heterocycles. The van der Waals surface area contributed by atoms with Crippen LogP contribution in [-0.4, -0.2) is 42.3 Å². The highest BCUT2D eigenvalue weighted by Gasteiger charge is 2.20. The molecule has 1 aliphatic heterocycles. The molecule has 1 unspecified atom stereocenters. The number of hydrogen-bond donors (Lipinski definition) is 0. The first kappa shape index (κ1) is 8.11. The highest BCUT2D eigenvalue weighted by molar-refractivity contribution is 5.82. The van der Waals surface area contributed by atoms with E-state index >= 15 is 0 Å². The molecule has 0 aliphatic carbocycles. The van der Waals surface area contributed by atoms with Gasteiger partial charge in [-0.1, -0.05) is 0 Å². The van der Waals surface area contributed by atoms with E-state index in [4.69, 9.17) is 0 Å². The maximum atomic E-state index is 11.1. The minimum absolute atomic E-state index is 0.0324. The predicted octanol–water partition coefficient (Wildman–Crippen LogP) is 0.292. The van der Waals surface area contributed by atoms with Crippen molar-refractivity contribution in [3.8, 4) is 0 Å². The van der Waals surface area contributed by atoms with Crippen LogP contribution >= 0.6 is 0 Å². The van der Waals surface area contributed by atoms with Crippen molar-refractivity contribution in [3.05, 3.63) is 12.4 Å². The smallest absolute Gasteiger partial charge is 0.153 e. The molecule has 0 spiro atoms. The maximum absolute atomic E-state index is 11.1. The van der Waals surface area contributed by atoms with Gasteiger partial charge in [-0.2, -0.15) is 0 Å². The molecule has 0 saturated heterocycles. The molecular formula is C8H14N2O. The molecule has 3 heteroatoms. The fourth-order valence-electron chi connectivity index (χ4n) is 1.20. The van der Waals surface area contributed by atoms with Gasteiger partial charge in [0.25, 0.3) is 0 Å². The highest BCUT2D eigenvalue weighted by Crippen LogP contribution is 2.07. The Kier molecular flexibility index (Phi) is 2.17. The summed E-state index contributed by atoms with van der Waals surface area (Å²) >= 11 is 0. The quantitative estimate of drug-likeness (QED) is 0.542. The van der Waals surface area contributed by atoms with Crippen molar-refractivity contribution in [2.24, 2.45) is 0 Å². The highest BCUT2D eigenvalue weighted by atomic mass is 16.1. The van der Waals surface area contributed by atoms with Gasteiger partial charge in [0, 0.05) is 33.0 Å². The van der Waals surface area contributed by atoms with Gasteiger partial charge in [0.05, 0.1) is 0 Å². The maximum Gasteiger partial charge on any atom is 0.153 e. The van der Waals surface area contributed by atoms with Crippen LogP contribution in [0.25, 0.3) is 0 Å². The van der Waals surface area contributed by atoms with Crippen LogP contribution in [0.3, 0.4) is 0 Å². The molecule has 0 radical (unpaired) electrons. The fraction of sp³-hybridized carbons (Fsp3) is 0.625. The second-order valence-electron chi connectivity index (χ2n) is 3.03. The average molecular weight is 154 g/mol. The summed E-state index contributed by atoms with van der Waals surface area (Å²) < 4.78 is 0. The number of likely N-dealkylation sites (N-methyl/N-ethyl adjacent to an activating group) is 2.